The van der Waals surface area contributed by atoms with E-state index in [1.54, 1.807) is 0 Å². The first-order valence-corrected chi connectivity index (χ1v) is 9.27. The van der Waals surface area contributed by atoms with Gasteiger partial charge in [-0.25, -0.2) is 5.43 Å². The molecule has 2 atom stereocenters. The van der Waals surface area contributed by atoms with Crippen LogP contribution in [-0.4, -0.2) is 11.6 Å². The second-order valence-corrected chi connectivity index (χ2v) is 6.98. The Morgan fingerprint density at radius 2 is 1.44 bits per heavy atom. The van der Waals surface area contributed by atoms with Gasteiger partial charge in [-0.2, -0.15) is 5.10 Å². The Kier molecular flexibility index (Phi) is 4.84. The molecule has 0 bridgehead atoms. The Balaban J connectivity index is 1.38. The predicted molar refractivity (Wildman–Crippen MR) is 110 cm³/mol. The summed E-state index contributed by atoms with van der Waals surface area (Å²) in [6.45, 7) is 1.92. The van der Waals surface area contributed by atoms with Gasteiger partial charge in [0.05, 0.1) is 5.71 Å². The molecule has 0 saturated heterocycles. The molecule has 0 unspecified atom stereocenters. The highest BCUT2D eigenvalue weighted by Gasteiger charge is 2.43. The summed E-state index contributed by atoms with van der Waals surface area (Å²) in [5, 5.41) is 4.30. The van der Waals surface area contributed by atoms with E-state index in [4.69, 9.17) is 0 Å². The van der Waals surface area contributed by atoms with Crippen molar-refractivity contribution in [1.82, 2.24) is 5.43 Å². The molecular weight excluding hydrogens is 332 g/mol. The number of carbonyl (C=O) groups is 1. The number of hydrogen-bond donors (Lipinski definition) is 1. The maximum Gasteiger partial charge on any atom is 0.243 e. The first kappa shape index (κ1) is 17.2. The molecule has 1 aliphatic carbocycles. The third-order valence-electron chi connectivity index (χ3n) is 5.10. The molecule has 3 nitrogen and oxygen atoms in total. The van der Waals surface area contributed by atoms with Gasteiger partial charge in [-0.15, -0.1) is 0 Å². The zero-order valence-electron chi connectivity index (χ0n) is 15.3. The molecule has 1 N–H and O–H groups in total. The average Bonchev–Trinajstić information content (AvgIpc) is 3.54. The Morgan fingerprint density at radius 3 is 2.11 bits per heavy atom. The van der Waals surface area contributed by atoms with Crippen LogP contribution in [0.25, 0.3) is 11.1 Å². The fourth-order valence-electron chi connectivity index (χ4n) is 3.37. The van der Waals surface area contributed by atoms with Gasteiger partial charge in [-0.1, -0.05) is 84.9 Å². The lowest BCUT2D eigenvalue weighted by atomic mass is 10.0. The van der Waals surface area contributed by atoms with Crippen LogP contribution in [0, 0.1) is 5.92 Å². The van der Waals surface area contributed by atoms with Crippen molar-refractivity contribution in [2.45, 2.75) is 19.3 Å². The van der Waals surface area contributed by atoms with E-state index in [0.29, 0.717) is 5.92 Å². The van der Waals surface area contributed by atoms with Gasteiger partial charge < -0.3 is 0 Å². The number of nitrogens with zero attached hydrogens (tertiary/aromatic N) is 1. The van der Waals surface area contributed by atoms with Crippen LogP contribution in [0.15, 0.2) is 90.0 Å². The number of carbonyl (C=O) groups excluding carboxylic acids is 1. The van der Waals surface area contributed by atoms with Crippen molar-refractivity contribution in [2.75, 3.05) is 0 Å². The maximum atomic E-state index is 12.3. The minimum Gasteiger partial charge on any atom is -0.273 e. The lowest BCUT2D eigenvalue weighted by molar-refractivity contribution is -0.122. The van der Waals surface area contributed by atoms with Crippen LogP contribution in [0.3, 0.4) is 0 Å². The highest BCUT2D eigenvalue weighted by atomic mass is 16.2. The molecule has 0 aromatic heterocycles. The lowest BCUT2D eigenvalue weighted by Gasteiger charge is -2.05. The van der Waals surface area contributed by atoms with Gasteiger partial charge in [-0.05, 0) is 41.5 Å². The largest absolute Gasteiger partial charge is 0.273 e. The monoisotopic (exact) mass is 354 g/mol. The summed E-state index contributed by atoms with van der Waals surface area (Å²) in [5.41, 5.74) is 8.13. The van der Waals surface area contributed by atoms with Crippen LogP contribution in [-0.2, 0) is 4.79 Å². The molecule has 0 aliphatic heterocycles. The Morgan fingerprint density at radius 1 is 0.852 bits per heavy atom. The smallest absolute Gasteiger partial charge is 0.243 e. The highest BCUT2D eigenvalue weighted by Crippen LogP contribution is 2.47. The van der Waals surface area contributed by atoms with E-state index in [2.05, 4.69) is 46.9 Å². The van der Waals surface area contributed by atoms with Crippen molar-refractivity contribution in [3.8, 4) is 11.1 Å². The number of rotatable bonds is 5. The zero-order chi connectivity index (χ0) is 18.6. The molecule has 134 valence electrons. The minimum absolute atomic E-state index is 0.00380. The van der Waals surface area contributed by atoms with Gasteiger partial charge in [0.15, 0.2) is 0 Å². The molecule has 1 saturated carbocycles. The molecular formula is C24H22N2O. The summed E-state index contributed by atoms with van der Waals surface area (Å²) in [4.78, 5) is 12.3. The zero-order valence-corrected chi connectivity index (χ0v) is 15.3. The van der Waals surface area contributed by atoms with Crippen molar-refractivity contribution in [2.24, 2.45) is 11.0 Å². The second-order valence-electron chi connectivity index (χ2n) is 6.98. The molecule has 1 amide bonds. The van der Waals surface area contributed by atoms with Crippen molar-refractivity contribution in [1.29, 1.82) is 0 Å². The van der Waals surface area contributed by atoms with Crippen LogP contribution in [0.5, 0.6) is 0 Å². The third-order valence-corrected chi connectivity index (χ3v) is 5.10. The fourth-order valence-corrected chi connectivity index (χ4v) is 3.37. The van der Waals surface area contributed by atoms with Gasteiger partial charge >= 0.3 is 0 Å². The molecule has 27 heavy (non-hydrogen) atoms. The molecule has 3 aromatic carbocycles. The molecule has 4 rings (SSSR count). The number of hydrazone groups is 1. The molecule has 3 aromatic rings. The summed E-state index contributed by atoms with van der Waals surface area (Å²) in [6, 6.07) is 28.7. The first-order chi connectivity index (χ1) is 13.2. The number of hydrogen-bond acceptors (Lipinski definition) is 2. The second kappa shape index (κ2) is 7.58. The Labute approximate surface area is 159 Å². The van der Waals surface area contributed by atoms with E-state index >= 15 is 0 Å². The van der Waals surface area contributed by atoms with E-state index in [9.17, 15) is 4.79 Å². The molecule has 3 heteroatoms. The van der Waals surface area contributed by atoms with Gasteiger partial charge in [0.25, 0.3) is 0 Å². The maximum absolute atomic E-state index is 12.3. The van der Waals surface area contributed by atoms with Gasteiger partial charge in [0.2, 0.25) is 5.91 Å². The summed E-state index contributed by atoms with van der Waals surface area (Å²) < 4.78 is 0. The lowest BCUT2D eigenvalue weighted by Crippen LogP contribution is -2.21. The summed E-state index contributed by atoms with van der Waals surface area (Å²) in [6.07, 6.45) is 0.899. The highest BCUT2D eigenvalue weighted by molar-refractivity contribution is 5.99. The Bertz CT molecular complexity index is 947. The molecule has 0 spiro atoms. The van der Waals surface area contributed by atoms with E-state index in [-0.39, 0.29) is 11.8 Å². The quantitative estimate of drug-likeness (QED) is 0.508. The third kappa shape index (κ3) is 3.98. The predicted octanol–water partition coefficient (Wildman–Crippen LogP) is 5.00. The van der Waals surface area contributed by atoms with Gasteiger partial charge in [0, 0.05) is 5.92 Å². The fraction of sp³-hybridized carbons (Fsp3) is 0.167. The molecule has 1 fully saturated rings. The molecule has 0 radical (unpaired) electrons. The van der Waals surface area contributed by atoms with Crippen LogP contribution in [0.4, 0.5) is 0 Å². The van der Waals surface area contributed by atoms with Crippen molar-refractivity contribution in [3.63, 3.8) is 0 Å². The summed E-state index contributed by atoms with van der Waals surface area (Å²) in [5.74, 6) is 0.361. The number of benzene rings is 3. The minimum atomic E-state index is 0.00380. The van der Waals surface area contributed by atoms with Crippen LogP contribution < -0.4 is 5.43 Å². The number of amides is 1. The van der Waals surface area contributed by atoms with Crippen molar-refractivity contribution in [3.05, 3.63) is 96.1 Å². The molecule has 0 heterocycles. The standard InChI is InChI=1S/C24H22N2O/c1-17(18-12-14-20(15-13-18)19-8-4-2-5-9-19)25-26-24(27)23-16-22(23)21-10-6-3-7-11-21/h2-15,22-23H,16H2,1H3,(H,26,27)/t22-,23+/m0/s1. The van der Waals surface area contributed by atoms with Gasteiger partial charge in [-0.3, -0.25) is 4.79 Å². The Hall–Kier alpha value is -3.20. The van der Waals surface area contributed by atoms with Crippen molar-refractivity contribution >= 4 is 11.6 Å². The first-order valence-electron chi connectivity index (χ1n) is 9.27. The molecule has 1 aliphatic rings. The van der Waals surface area contributed by atoms with E-state index in [1.165, 1.54) is 16.7 Å². The van der Waals surface area contributed by atoms with Gasteiger partial charge in [0.1, 0.15) is 0 Å². The van der Waals surface area contributed by atoms with E-state index in [1.807, 2.05) is 55.5 Å². The summed E-state index contributed by atoms with van der Waals surface area (Å²) >= 11 is 0. The topological polar surface area (TPSA) is 41.5 Å². The average molecular weight is 354 g/mol. The number of nitrogens with one attached hydrogen (secondary N) is 1. The summed E-state index contributed by atoms with van der Waals surface area (Å²) in [7, 11) is 0. The SMILES string of the molecule is CC(=NNC(=O)[C@@H]1C[C@H]1c1ccccc1)c1ccc(-c2ccccc2)cc1. The van der Waals surface area contributed by atoms with Crippen molar-refractivity contribution < 1.29 is 4.79 Å². The normalized spacial score (nSPS) is 18.8. The van der Waals surface area contributed by atoms with Crippen LogP contribution >= 0.6 is 0 Å². The van der Waals surface area contributed by atoms with Crippen LogP contribution in [0.2, 0.25) is 0 Å². The van der Waals surface area contributed by atoms with E-state index < -0.39 is 0 Å². The van der Waals surface area contributed by atoms with Crippen LogP contribution in [0.1, 0.15) is 30.4 Å². The van der Waals surface area contributed by atoms with E-state index in [0.717, 1.165) is 17.7 Å².